The fraction of sp³-hybridized carbons (Fsp3) is 0.417. The van der Waals surface area contributed by atoms with E-state index in [-0.39, 0.29) is 5.91 Å². The minimum absolute atomic E-state index is 0.0547. The van der Waals surface area contributed by atoms with Gasteiger partial charge >= 0.3 is 0 Å². The first-order valence-corrected chi connectivity index (χ1v) is 8.51. The molecular formula is C12H14Br2INO2. The van der Waals surface area contributed by atoms with Gasteiger partial charge in [0.2, 0.25) is 0 Å². The maximum Gasteiger partial charge on any atom is 0.252 e. The molecule has 6 heteroatoms. The molecule has 1 aromatic carbocycles. The van der Waals surface area contributed by atoms with Gasteiger partial charge in [0.05, 0.1) is 12.2 Å². The molecule has 0 unspecified atom stereocenters. The quantitative estimate of drug-likeness (QED) is 0.360. The van der Waals surface area contributed by atoms with Crippen molar-refractivity contribution in [2.24, 2.45) is 0 Å². The first-order valence-electron chi connectivity index (χ1n) is 5.52. The predicted octanol–water partition coefficient (Wildman–Crippen LogP) is 3.59. The van der Waals surface area contributed by atoms with Crippen LogP contribution in [0.5, 0.6) is 0 Å². The summed E-state index contributed by atoms with van der Waals surface area (Å²) in [5.41, 5.74) is 0.670. The lowest BCUT2D eigenvalue weighted by Crippen LogP contribution is -2.25. The maximum absolute atomic E-state index is 11.9. The van der Waals surface area contributed by atoms with Crippen LogP contribution in [0.1, 0.15) is 16.8 Å². The fourth-order valence-corrected chi connectivity index (χ4v) is 2.45. The zero-order chi connectivity index (χ0) is 13.4. The summed E-state index contributed by atoms with van der Waals surface area (Å²) in [5.74, 6) is -0.0547. The van der Waals surface area contributed by atoms with Gasteiger partial charge in [0.25, 0.3) is 5.91 Å². The molecule has 0 aromatic heterocycles. The summed E-state index contributed by atoms with van der Waals surface area (Å²) in [6.45, 7) is 1.99. The lowest BCUT2D eigenvalue weighted by atomic mass is 10.2. The molecule has 1 rings (SSSR count). The van der Waals surface area contributed by atoms with Gasteiger partial charge in [-0.2, -0.15) is 0 Å². The molecule has 0 atom stereocenters. The van der Waals surface area contributed by atoms with Gasteiger partial charge in [-0.05, 0) is 63.1 Å². The highest BCUT2D eigenvalue weighted by molar-refractivity contribution is 14.1. The van der Waals surface area contributed by atoms with Crippen molar-refractivity contribution in [3.05, 3.63) is 31.8 Å². The van der Waals surface area contributed by atoms with Crippen LogP contribution in [0.3, 0.4) is 0 Å². The molecule has 0 saturated carbocycles. The lowest BCUT2D eigenvalue weighted by molar-refractivity contribution is 0.0944. The Hall–Kier alpha value is 0.340. The van der Waals surface area contributed by atoms with Crippen LogP contribution in [-0.4, -0.2) is 31.0 Å². The van der Waals surface area contributed by atoms with E-state index in [1.54, 1.807) is 0 Å². The SMILES string of the molecule is O=C(NCCCOCCBr)c1cc(I)ccc1Br. The molecule has 0 aliphatic heterocycles. The van der Waals surface area contributed by atoms with Crippen LogP contribution in [0.25, 0.3) is 0 Å². The number of rotatable bonds is 7. The maximum atomic E-state index is 11.9. The summed E-state index contributed by atoms with van der Waals surface area (Å²) >= 11 is 8.86. The van der Waals surface area contributed by atoms with Crippen molar-refractivity contribution in [3.63, 3.8) is 0 Å². The van der Waals surface area contributed by atoms with Crippen LogP contribution in [-0.2, 0) is 4.74 Å². The van der Waals surface area contributed by atoms with Crippen molar-refractivity contribution in [2.75, 3.05) is 25.1 Å². The zero-order valence-electron chi connectivity index (χ0n) is 9.72. The van der Waals surface area contributed by atoms with E-state index >= 15 is 0 Å². The van der Waals surface area contributed by atoms with Crippen LogP contribution in [0.4, 0.5) is 0 Å². The zero-order valence-corrected chi connectivity index (χ0v) is 15.0. The Morgan fingerprint density at radius 2 is 2.17 bits per heavy atom. The summed E-state index contributed by atoms with van der Waals surface area (Å²) in [6, 6.07) is 5.70. The number of carbonyl (C=O) groups excluding carboxylic acids is 1. The van der Waals surface area contributed by atoms with E-state index in [9.17, 15) is 4.79 Å². The van der Waals surface area contributed by atoms with Gasteiger partial charge in [0.15, 0.2) is 0 Å². The van der Waals surface area contributed by atoms with E-state index in [0.717, 1.165) is 19.8 Å². The average molecular weight is 491 g/mol. The first kappa shape index (κ1) is 16.4. The number of nitrogens with one attached hydrogen (secondary N) is 1. The number of amides is 1. The molecule has 0 aliphatic rings. The van der Waals surface area contributed by atoms with Gasteiger partial charge in [-0.3, -0.25) is 4.79 Å². The van der Waals surface area contributed by atoms with Gasteiger partial charge in [-0.25, -0.2) is 0 Å². The smallest absolute Gasteiger partial charge is 0.252 e. The van der Waals surface area contributed by atoms with E-state index in [1.807, 2.05) is 18.2 Å². The van der Waals surface area contributed by atoms with E-state index in [0.29, 0.717) is 25.3 Å². The van der Waals surface area contributed by atoms with Gasteiger partial charge in [-0.15, -0.1) is 0 Å². The molecule has 0 aliphatic carbocycles. The van der Waals surface area contributed by atoms with Crippen LogP contribution in [0.15, 0.2) is 22.7 Å². The molecule has 0 spiro atoms. The number of benzene rings is 1. The van der Waals surface area contributed by atoms with Gasteiger partial charge in [0, 0.05) is 26.5 Å². The summed E-state index contributed by atoms with van der Waals surface area (Å²) < 4.78 is 7.16. The Labute approximate surface area is 137 Å². The monoisotopic (exact) mass is 489 g/mol. The summed E-state index contributed by atoms with van der Waals surface area (Å²) in [5, 5.41) is 3.72. The van der Waals surface area contributed by atoms with E-state index in [2.05, 4.69) is 59.8 Å². The molecule has 3 nitrogen and oxygen atoms in total. The number of hydrogen-bond acceptors (Lipinski definition) is 2. The average Bonchev–Trinajstić information content (AvgIpc) is 2.36. The molecule has 1 N–H and O–H groups in total. The summed E-state index contributed by atoms with van der Waals surface area (Å²) in [7, 11) is 0. The number of halogens is 3. The van der Waals surface area contributed by atoms with Gasteiger partial charge < -0.3 is 10.1 Å². The molecule has 18 heavy (non-hydrogen) atoms. The Balaban J connectivity index is 2.34. The number of alkyl halides is 1. The highest BCUT2D eigenvalue weighted by Crippen LogP contribution is 2.19. The van der Waals surface area contributed by atoms with Crippen LogP contribution >= 0.6 is 54.5 Å². The first-order chi connectivity index (χ1) is 8.65. The molecule has 100 valence electrons. The Kier molecular flexibility index (Phi) is 8.45. The highest BCUT2D eigenvalue weighted by Gasteiger charge is 2.09. The molecular weight excluding hydrogens is 477 g/mol. The third-order valence-electron chi connectivity index (χ3n) is 2.15. The molecule has 0 fully saturated rings. The van der Waals surface area contributed by atoms with Crippen molar-refractivity contribution >= 4 is 60.4 Å². The number of hydrogen-bond donors (Lipinski definition) is 1. The van der Waals surface area contributed by atoms with Gasteiger partial charge in [-0.1, -0.05) is 15.9 Å². The second kappa shape index (κ2) is 9.28. The van der Waals surface area contributed by atoms with Crippen molar-refractivity contribution < 1.29 is 9.53 Å². The minimum atomic E-state index is -0.0547. The Morgan fingerprint density at radius 1 is 1.39 bits per heavy atom. The van der Waals surface area contributed by atoms with Gasteiger partial charge in [0.1, 0.15) is 0 Å². The topological polar surface area (TPSA) is 38.3 Å². The van der Waals surface area contributed by atoms with Crippen molar-refractivity contribution in [2.45, 2.75) is 6.42 Å². The summed E-state index contributed by atoms with van der Waals surface area (Å²) in [4.78, 5) is 11.9. The fourth-order valence-electron chi connectivity index (χ4n) is 1.30. The molecule has 0 heterocycles. The summed E-state index contributed by atoms with van der Waals surface area (Å²) in [6.07, 6.45) is 0.820. The van der Waals surface area contributed by atoms with Crippen LogP contribution in [0, 0.1) is 3.57 Å². The Bertz CT molecular complexity index is 402. The molecule has 0 radical (unpaired) electrons. The predicted molar refractivity (Wildman–Crippen MR) is 88.4 cm³/mol. The molecule has 0 saturated heterocycles. The lowest BCUT2D eigenvalue weighted by Gasteiger charge is -2.07. The standard InChI is InChI=1S/C12H14Br2INO2/c13-4-7-18-6-1-5-16-12(17)10-8-9(15)2-3-11(10)14/h2-3,8H,1,4-7H2,(H,16,17). The third kappa shape index (κ3) is 5.99. The largest absolute Gasteiger partial charge is 0.381 e. The Morgan fingerprint density at radius 3 is 2.89 bits per heavy atom. The van der Waals surface area contributed by atoms with Crippen LogP contribution in [0.2, 0.25) is 0 Å². The van der Waals surface area contributed by atoms with Crippen molar-refractivity contribution in [1.82, 2.24) is 5.32 Å². The van der Waals surface area contributed by atoms with Crippen molar-refractivity contribution in [3.8, 4) is 0 Å². The second-order valence-electron chi connectivity index (χ2n) is 3.53. The normalized spacial score (nSPS) is 10.4. The van der Waals surface area contributed by atoms with E-state index < -0.39 is 0 Å². The van der Waals surface area contributed by atoms with E-state index in [4.69, 9.17) is 4.74 Å². The third-order valence-corrected chi connectivity index (χ3v) is 3.83. The molecule has 1 aromatic rings. The number of ether oxygens (including phenoxy) is 1. The van der Waals surface area contributed by atoms with Crippen LogP contribution < -0.4 is 5.32 Å². The van der Waals surface area contributed by atoms with Crippen molar-refractivity contribution in [1.29, 1.82) is 0 Å². The highest BCUT2D eigenvalue weighted by atomic mass is 127. The molecule has 1 amide bonds. The second-order valence-corrected chi connectivity index (χ2v) is 6.43. The molecule has 0 bridgehead atoms. The van der Waals surface area contributed by atoms with E-state index in [1.165, 1.54) is 0 Å². The minimum Gasteiger partial charge on any atom is -0.381 e. The number of carbonyl (C=O) groups is 1.